The van der Waals surface area contributed by atoms with Crippen molar-refractivity contribution in [2.24, 2.45) is 5.41 Å². The fraction of sp³-hybridized carbons (Fsp3) is 1.00. The third-order valence-corrected chi connectivity index (χ3v) is 3.87. The molecule has 0 saturated heterocycles. The molecule has 0 bridgehead atoms. The lowest BCUT2D eigenvalue weighted by molar-refractivity contribution is -0.138. The monoisotopic (exact) mass is 257 g/mol. The maximum absolute atomic E-state index is 5.54. The van der Waals surface area contributed by atoms with Gasteiger partial charge in [-0.2, -0.15) is 0 Å². The van der Waals surface area contributed by atoms with Crippen LogP contribution in [0.25, 0.3) is 0 Å². The van der Waals surface area contributed by atoms with Gasteiger partial charge in [0.2, 0.25) is 0 Å². The van der Waals surface area contributed by atoms with Crippen LogP contribution in [0.3, 0.4) is 0 Å². The van der Waals surface area contributed by atoms with Crippen molar-refractivity contribution >= 4 is 0 Å². The zero-order valence-electron chi connectivity index (χ0n) is 12.5. The van der Waals surface area contributed by atoms with Gasteiger partial charge in [-0.05, 0) is 38.6 Å². The van der Waals surface area contributed by atoms with Gasteiger partial charge in [0.1, 0.15) is 0 Å². The highest BCUT2D eigenvalue weighted by atomic mass is 16.7. The van der Waals surface area contributed by atoms with E-state index in [2.05, 4.69) is 12.2 Å². The number of rotatable bonds is 9. The van der Waals surface area contributed by atoms with Crippen molar-refractivity contribution in [3.05, 3.63) is 0 Å². The van der Waals surface area contributed by atoms with Gasteiger partial charge in [-0.3, -0.25) is 0 Å². The molecule has 1 aliphatic carbocycles. The summed E-state index contributed by atoms with van der Waals surface area (Å²) in [6.07, 6.45) is 7.88. The maximum atomic E-state index is 5.54. The Balaban J connectivity index is 2.12. The normalized spacial score (nSPS) is 19.3. The molecule has 3 nitrogen and oxygen atoms in total. The van der Waals surface area contributed by atoms with Crippen molar-refractivity contribution in [3.63, 3.8) is 0 Å². The van der Waals surface area contributed by atoms with Gasteiger partial charge in [0, 0.05) is 26.2 Å². The molecule has 3 heteroatoms. The zero-order valence-corrected chi connectivity index (χ0v) is 12.5. The number of hydrogen-bond donors (Lipinski definition) is 1. The molecule has 1 rings (SSSR count). The van der Waals surface area contributed by atoms with Crippen molar-refractivity contribution in [3.8, 4) is 0 Å². The van der Waals surface area contributed by atoms with Gasteiger partial charge < -0.3 is 14.8 Å². The van der Waals surface area contributed by atoms with Crippen molar-refractivity contribution in [1.29, 1.82) is 0 Å². The molecule has 0 radical (unpaired) electrons. The molecule has 18 heavy (non-hydrogen) atoms. The Labute approximate surface area is 113 Å². The minimum atomic E-state index is -0.0355. The minimum absolute atomic E-state index is 0.0355. The number of nitrogens with one attached hydrogen (secondary N) is 1. The van der Waals surface area contributed by atoms with Crippen molar-refractivity contribution in [2.45, 2.75) is 65.6 Å². The van der Waals surface area contributed by atoms with Gasteiger partial charge in [0.05, 0.1) is 0 Å². The van der Waals surface area contributed by atoms with Gasteiger partial charge in [-0.1, -0.05) is 26.2 Å². The Bertz CT molecular complexity index is 197. The first kappa shape index (κ1) is 15.9. The molecule has 0 aromatic heterocycles. The van der Waals surface area contributed by atoms with E-state index in [-0.39, 0.29) is 6.29 Å². The highest BCUT2D eigenvalue weighted by Crippen LogP contribution is 2.34. The largest absolute Gasteiger partial charge is 0.353 e. The predicted molar refractivity (Wildman–Crippen MR) is 75.7 cm³/mol. The zero-order chi connectivity index (χ0) is 13.3. The first-order valence-corrected chi connectivity index (χ1v) is 7.64. The second-order valence-electron chi connectivity index (χ2n) is 5.68. The van der Waals surface area contributed by atoms with Crippen LogP contribution in [0.15, 0.2) is 0 Å². The Hall–Kier alpha value is -0.120. The van der Waals surface area contributed by atoms with E-state index in [9.17, 15) is 0 Å². The molecule has 0 atom stereocenters. The van der Waals surface area contributed by atoms with Crippen LogP contribution in [-0.2, 0) is 9.47 Å². The smallest absolute Gasteiger partial charge is 0.158 e. The van der Waals surface area contributed by atoms with Crippen LogP contribution >= 0.6 is 0 Å². The lowest BCUT2D eigenvalue weighted by Crippen LogP contribution is -2.35. The summed E-state index contributed by atoms with van der Waals surface area (Å²) in [5, 5.41) is 3.58. The fourth-order valence-electron chi connectivity index (χ4n) is 2.78. The minimum Gasteiger partial charge on any atom is -0.353 e. The van der Waals surface area contributed by atoms with Crippen LogP contribution in [0.4, 0.5) is 0 Å². The Morgan fingerprint density at radius 3 is 2.22 bits per heavy atom. The number of ether oxygens (including phenoxy) is 2. The molecule has 0 aromatic carbocycles. The van der Waals surface area contributed by atoms with E-state index in [1.807, 2.05) is 13.8 Å². The van der Waals surface area contributed by atoms with E-state index in [1.54, 1.807) is 0 Å². The van der Waals surface area contributed by atoms with E-state index in [0.29, 0.717) is 5.41 Å². The summed E-state index contributed by atoms with van der Waals surface area (Å²) >= 11 is 0. The Morgan fingerprint density at radius 2 is 1.67 bits per heavy atom. The summed E-state index contributed by atoms with van der Waals surface area (Å²) in [7, 11) is 0. The van der Waals surface area contributed by atoms with Gasteiger partial charge >= 0.3 is 0 Å². The van der Waals surface area contributed by atoms with Gasteiger partial charge in [0.15, 0.2) is 6.29 Å². The summed E-state index contributed by atoms with van der Waals surface area (Å²) in [5.41, 5.74) is 0.519. The summed E-state index contributed by atoms with van der Waals surface area (Å²) in [6, 6.07) is 0. The average Bonchev–Trinajstić information content (AvgIpc) is 2.36. The molecule has 1 aliphatic rings. The molecular weight excluding hydrogens is 226 g/mol. The second kappa shape index (κ2) is 8.89. The third-order valence-electron chi connectivity index (χ3n) is 3.87. The molecule has 0 aromatic rings. The molecule has 0 amide bonds. The summed E-state index contributed by atoms with van der Waals surface area (Å²) in [6.45, 7) is 10.0. The lowest BCUT2D eigenvalue weighted by Gasteiger charge is -2.34. The van der Waals surface area contributed by atoms with E-state index in [1.165, 1.54) is 32.1 Å². The van der Waals surface area contributed by atoms with Crippen molar-refractivity contribution in [1.82, 2.24) is 5.32 Å². The quantitative estimate of drug-likeness (QED) is 0.507. The summed E-state index contributed by atoms with van der Waals surface area (Å²) in [4.78, 5) is 0. The average molecular weight is 257 g/mol. The van der Waals surface area contributed by atoms with E-state index >= 15 is 0 Å². The fourth-order valence-corrected chi connectivity index (χ4v) is 2.78. The second-order valence-corrected chi connectivity index (χ2v) is 5.68. The van der Waals surface area contributed by atoms with Crippen molar-refractivity contribution in [2.75, 3.05) is 26.3 Å². The molecule has 0 heterocycles. The van der Waals surface area contributed by atoms with Crippen LogP contribution in [0.1, 0.15) is 59.3 Å². The third kappa shape index (κ3) is 6.17. The molecule has 1 N–H and O–H groups in total. The standard InChI is InChI=1S/C15H31NO2/c1-4-17-14(18-5-2)9-12-16-13-15(3)10-7-6-8-11-15/h14,16H,4-13H2,1-3H3. The van der Waals surface area contributed by atoms with Crippen molar-refractivity contribution < 1.29 is 9.47 Å². The molecule has 108 valence electrons. The number of hydrogen-bond acceptors (Lipinski definition) is 3. The van der Waals surface area contributed by atoms with Crippen LogP contribution < -0.4 is 5.32 Å². The van der Waals surface area contributed by atoms with Crippen LogP contribution in [0.2, 0.25) is 0 Å². The highest BCUT2D eigenvalue weighted by molar-refractivity contribution is 4.80. The molecule has 0 spiro atoms. The topological polar surface area (TPSA) is 30.5 Å². The highest BCUT2D eigenvalue weighted by Gasteiger charge is 2.26. The van der Waals surface area contributed by atoms with E-state index < -0.39 is 0 Å². The van der Waals surface area contributed by atoms with Crippen LogP contribution in [0, 0.1) is 5.41 Å². The molecule has 0 unspecified atom stereocenters. The van der Waals surface area contributed by atoms with E-state index in [0.717, 1.165) is 32.7 Å². The molecular formula is C15H31NO2. The summed E-state index contributed by atoms with van der Waals surface area (Å²) < 4.78 is 11.1. The maximum Gasteiger partial charge on any atom is 0.158 e. The van der Waals surface area contributed by atoms with E-state index in [4.69, 9.17) is 9.47 Å². The lowest BCUT2D eigenvalue weighted by atomic mass is 9.76. The first-order chi connectivity index (χ1) is 8.70. The molecule has 1 saturated carbocycles. The van der Waals surface area contributed by atoms with Crippen LogP contribution in [-0.4, -0.2) is 32.6 Å². The van der Waals surface area contributed by atoms with Gasteiger partial charge in [0.25, 0.3) is 0 Å². The van der Waals surface area contributed by atoms with Gasteiger partial charge in [-0.15, -0.1) is 0 Å². The Kier molecular flexibility index (Phi) is 7.87. The SMILES string of the molecule is CCOC(CCNCC1(C)CCCCC1)OCC. The summed E-state index contributed by atoms with van der Waals surface area (Å²) in [5.74, 6) is 0. The first-order valence-electron chi connectivity index (χ1n) is 7.64. The van der Waals surface area contributed by atoms with Crippen LogP contribution in [0.5, 0.6) is 0 Å². The molecule has 0 aliphatic heterocycles. The predicted octanol–water partition coefficient (Wildman–Crippen LogP) is 3.34. The Morgan fingerprint density at radius 1 is 1.06 bits per heavy atom. The van der Waals surface area contributed by atoms with Gasteiger partial charge in [-0.25, -0.2) is 0 Å². The molecule has 1 fully saturated rings.